The van der Waals surface area contributed by atoms with Crippen molar-refractivity contribution in [1.29, 1.82) is 0 Å². The molecule has 7 heteroatoms. The van der Waals surface area contributed by atoms with E-state index in [-0.39, 0.29) is 11.4 Å². The molecule has 1 aliphatic heterocycles. The molecule has 0 spiro atoms. The molecule has 2 N–H and O–H groups in total. The van der Waals surface area contributed by atoms with Gasteiger partial charge in [-0.25, -0.2) is 8.42 Å². The van der Waals surface area contributed by atoms with Gasteiger partial charge in [0.1, 0.15) is 0 Å². The lowest BCUT2D eigenvalue weighted by Gasteiger charge is -2.38. The van der Waals surface area contributed by atoms with Crippen LogP contribution < -0.4 is 0 Å². The van der Waals surface area contributed by atoms with Crippen LogP contribution in [0.5, 0.6) is 0 Å². The van der Waals surface area contributed by atoms with Gasteiger partial charge in [-0.2, -0.15) is 4.31 Å². The Hall–Kier alpha value is -1.34. The summed E-state index contributed by atoms with van der Waals surface area (Å²) < 4.78 is 26.1. The molecule has 1 aromatic rings. The minimum atomic E-state index is -3.59. The predicted molar refractivity (Wildman–Crippen MR) is 69.1 cm³/mol. The maximum absolute atomic E-state index is 12.4. The molecule has 1 unspecified atom stereocenters. The Balaban J connectivity index is 2.30. The summed E-state index contributed by atoms with van der Waals surface area (Å²) in [5.41, 5.74) is -0.957. The van der Waals surface area contributed by atoms with Crippen molar-refractivity contribution in [2.45, 2.75) is 31.1 Å². The molecule has 106 valence electrons. The molecular weight excluding hydrogens is 268 g/mol. The van der Waals surface area contributed by atoms with Crippen molar-refractivity contribution in [1.82, 2.24) is 9.29 Å². The van der Waals surface area contributed by atoms with Gasteiger partial charge >= 0.3 is 5.97 Å². The molecule has 0 saturated carbocycles. The maximum atomic E-state index is 12.4. The van der Waals surface area contributed by atoms with Gasteiger partial charge in [0.25, 0.3) is 0 Å². The van der Waals surface area contributed by atoms with E-state index in [9.17, 15) is 18.3 Å². The van der Waals surface area contributed by atoms with E-state index in [4.69, 9.17) is 0 Å². The summed E-state index contributed by atoms with van der Waals surface area (Å²) >= 11 is 0. The lowest BCUT2D eigenvalue weighted by atomic mass is 9.78. The third kappa shape index (κ3) is 2.40. The van der Waals surface area contributed by atoms with Crippen LogP contribution in [0.4, 0.5) is 0 Å². The smallest absolute Gasteiger partial charge is 0.310 e. The Morgan fingerprint density at radius 3 is 2.84 bits per heavy atom. The summed E-state index contributed by atoms with van der Waals surface area (Å²) in [6.07, 6.45) is 4.49. The molecule has 0 amide bonds. The molecule has 0 bridgehead atoms. The first-order valence-corrected chi connectivity index (χ1v) is 7.73. The third-order valence-electron chi connectivity index (χ3n) is 3.88. The lowest BCUT2D eigenvalue weighted by Crippen LogP contribution is -2.49. The van der Waals surface area contributed by atoms with Crippen molar-refractivity contribution >= 4 is 16.0 Å². The number of hydrogen-bond acceptors (Lipinski definition) is 3. The molecule has 0 aromatic carbocycles. The fourth-order valence-electron chi connectivity index (χ4n) is 2.53. The van der Waals surface area contributed by atoms with E-state index in [0.29, 0.717) is 25.8 Å². The quantitative estimate of drug-likeness (QED) is 0.872. The summed E-state index contributed by atoms with van der Waals surface area (Å²) in [5, 5.41) is 9.38. The van der Waals surface area contributed by atoms with Crippen molar-refractivity contribution in [2.75, 3.05) is 13.1 Å². The van der Waals surface area contributed by atoms with Crippen molar-refractivity contribution in [3.8, 4) is 0 Å². The average molecular weight is 286 g/mol. The highest BCUT2D eigenvalue weighted by Crippen LogP contribution is 2.35. The molecule has 6 nitrogen and oxygen atoms in total. The second-order valence-electron chi connectivity index (χ2n) is 4.93. The number of carbonyl (C=O) groups is 1. The zero-order valence-electron chi connectivity index (χ0n) is 10.8. The van der Waals surface area contributed by atoms with E-state index >= 15 is 0 Å². The number of aromatic amines is 1. The molecule has 1 saturated heterocycles. The molecule has 19 heavy (non-hydrogen) atoms. The number of rotatable bonds is 4. The largest absolute Gasteiger partial charge is 0.481 e. The molecule has 2 rings (SSSR count). The van der Waals surface area contributed by atoms with Crippen LogP contribution in [-0.2, 0) is 14.8 Å². The number of sulfonamides is 1. The SMILES string of the molecule is CCC1(C(=O)O)CCCN(S(=O)(=O)c2cc[nH]c2)C1. The number of nitrogens with zero attached hydrogens (tertiary/aromatic N) is 1. The standard InChI is InChI=1S/C12H18N2O4S/c1-2-12(11(15)16)5-3-7-14(9-12)19(17,18)10-4-6-13-8-10/h4,6,8,13H,2-3,5,7,9H2,1H3,(H,15,16). The Kier molecular flexibility index (Phi) is 3.69. The first-order chi connectivity index (χ1) is 8.92. The van der Waals surface area contributed by atoms with E-state index in [1.54, 1.807) is 13.1 Å². The maximum Gasteiger partial charge on any atom is 0.310 e. The van der Waals surface area contributed by atoms with Crippen molar-refractivity contribution in [2.24, 2.45) is 5.41 Å². The fourth-order valence-corrected chi connectivity index (χ4v) is 4.07. The van der Waals surface area contributed by atoms with E-state index in [1.807, 2.05) is 0 Å². The highest BCUT2D eigenvalue weighted by atomic mass is 32.2. The number of H-pyrrole nitrogens is 1. The second kappa shape index (κ2) is 4.97. The van der Waals surface area contributed by atoms with Crippen molar-refractivity contribution in [3.63, 3.8) is 0 Å². The molecule has 1 atom stereocenters. The monoisotopic (exact) mass is 286 g/mol. The number of piperidine rings is 1. The zero-order valence-corrected chi connectivity index (χ0v) is 11.6. The Bertz CT molecular complexity index is 552. The molecule has 0 radical (unpaired) electrons. The molecular formula is C12H18N2O4S. The Labute approximate surface area is 112 Å². The summed E-state index contributed by atoms with van der Waals surface area (Å²) in [6.45, 7) is 2.22. The topological polar surface area (TPSA) is 90.5 Å². The van der Waals surface area contributed by atoms with E-state index < -0.39 is 21.4 Å². The Morgan fingerprint density at radius 1 is 1.58 bits per heavy atom. The number of aliphatic carboxylic acids is 1. The molecule has 1 aromatic heterocycles. The van der Waals surface area contributed by atoms with Crippen LogP contribution in [0.15, 0.2) is 23.4 Å². The predicted octanol–water partition coefficient (Wildman–Crippen LogP) is 1.28. The number of nitrogens with one attached hydrogen (secondary N) is 1. The van der Waals surface area contributed by atoms with E-state index in [0.717, 1.165) is 0 Å². The van der Waals surface area contributed by atoms with Crippen LogP contribution in [0.25, 0.3) is 0 Å². The highest BCUT2D eigenvalue weighted by Gasteiger charge is 2.44. The number of carboxylic acid groups (broad SMARTS) is 1. The summed E-state index contributed by atoms with van der Waals surface area (Å²) in [6, 6.07) is 1.48. The minimum Gasteiger partial charge on any atom is -0.481 e. The van der Waals surface area contributed by atoms with Gasteiger partial charge in [-0.05, 0) is 25.3 Å². The van der Waals surface area contributed by atoms with Crippen LogP contribution in [0, 0.1) is 5.41 Å². The van der Waals surface area contributed by atoms with Gasteiger partial charge in [0.15, 0.2) is 0 Å². The van der Waals surface area contributed by atoms with Crippen LogP contribution in [0.3, 0.4) is 0 Å². The van der Waals surface area contributed by atoms with Crippen LogP contribution >= 0.6 is 0 Å². The van der Waals surface area contributed by atoms with Gasteiger partial charge in [-0.3, -0.25) is 4.79 Å². The van der Waals surface area contributed by atoms with Gasteiger partial charge in [-0.15, -0.1) is 0 Å². The minimum absolute atomic E-state index is 0.0480. The van der Waals surface area contributed by atoms with Crippen LogP contribution in [0.1, 0.15) is 26.2 Å². The summed E-state index contributed by atoms with van der Waals surface area (Å²) in [7, 11) is -3.59. The average Bonchev–Trinajstić information content (AvgIpc) is 2.93. The molecule has 1 aliphatic rings. The zero-order chi connectivity index (χ0) is 14.1. The molecule has 2 heterocycles. The number of hydrogen-bond donors (Lipinski definition) is 2. The Morgan fingerprint density at radius 2 is 2.32 bits per heavy atom. The van der Waals surface area contributed by atoms with Gasteiger partial charge < -0.3 is 10.1 Å². The fraction of sp³-hybridized carbons (Fsp3) is 0.583. The van der Waals surface area contributed by atoms with Gasteiger partial charge in [0.2, 0.25) is 10.0 Å². The number of carboxylic acids is 1. The first-order valence-electron chi connectivity index (χ1n) is 6.29. The van der Waals surface area contributed by atoms with Gasteiger partial charge in [0.05, 0.1) is 10.3 Å². The second-order valence-corrected chi connectivity index (χ2v) is 6.87. The molecule has 0 aliphatic carbocycles. The van der Waals surface area contributed by atoms with Crippen molar-refractivity contribution in [3.05, 3.63) is 18.5 Å². The van der Waals surface area contributed by atoms with Gasteiger partial charge in [0, 0.05) is 25.5 Å². The van der Waals surface area contributed by atoms with Gasteiger partial charge in [-0.1, -0.05) is 6.92 Å². The van der Waals surface area contributed by atoms with Crippen molar-refractivity contribution < 1.29 is 18.3 Å². The first kappa shape index (κ1) is 14.1. The normalized spacial score (nSPS) is 25.3. The summed E-state index contributed by atoms with van der Waals surface area (Å²) in [4.78, 5) is 14.3. The highest BCUT2D eigenvalue weighted by molar-refractivity contribution is 7.89. The van der Waals surface area contributed by atoms with Crippen LogP contribution in [-0.4, -0.2) is 41.9 Å². The third-order valence-corrected chi connectivity index (χ3v) is 5.72. The van der Waals surface area contributed by atoms with Crippen LogP contribution in [0.2, 0.25) is 0 Å². The van der Waals surface area contributed by atoms with E-state index in [2.05, 4.69) is 4.98 Å². The van der Waals surface area contributed by atoms with E-state index in [1.165, 1.54) is 16.6 Å². The lowest BCUT2D eigenvalue weighted by molar-refractivity contribution is -0.151. The summed E-state index contributed by atoms with van der Waals surface area (Å²) in [5.74, 6) is -0.913. The number of aromatic nitrogens is 1. The molecule has 1 fully saturated rings.